The first-order chi connectivity index (χ1) is 12.4. The van der Waals surface area contributed by atoms with Crippen LogP contribution in [0.4, 0.5) is 13.9 Å². The number of halogens is 2. The third kappa shape index (κ3) is 4.27. The molecule has 0 spiro atoms. The van der Waals surface area contributed by atoms with Crippen LogP contribution in [-0.4, -0.2) is 23.0 Å². The van der Waals surface area contributed by atoms with E-state index in [9.17, 15) is 13.6 Å². The van der Waals surface area contributed by atoms with Crippen LogP contribution >= 0.6 is 11.3 Å². The zero-order valence-electron chi connectivity index (χ0n) is 14.0. The highest BCUT2D eigenvalue weighted by Crippen LogP contribution is 2.24. The third-order valence-corrected chi connectivity index (χ3v) is 4.25. The van der Waals surface area contributed by atoms with Crippen molar-refractivity contribution in [3.63, 3.8) is 0 Å². The number of amides is 1. The zero-order valence-corrected chi connectivity index (χ0v) is 14.9. The van der Waals surface area contributed by atoms with Crippen molar-refractivity contribution in [3.8, 4) is 11.1 Å². The number of aromatic nitrogens is 2. The van der Waals surface area contributed by atoms with Crippen LogP contribution in [0.25, 0.3) is 11.1 Å². The first-order valence-corrected chi connectivity index (χ1v) is 8.52. The number of anilines is 1. The van der Waals surface area contributed by atoms with Gasteiger partial charge in [0.05, 0.1) is 12.3 Å². The number of nitrogens with zero attached hydrogens (tertiary/aromatic N) is 2. The smallest absolute Gasteiger partial charge is 0.276 e. The fourth-order valence-corrected chi connectivity index (χ4v) is 3.10. The normalized spacial score (nSPS) is 10.8. The van der Waals surface area contributed by atoms with Gasteiger partial charge in [-0.1, -0.05) is 0 Å². The highest BCUT2D eigenvalue weighted by atomic mass is 32.1. The largest absolute Gasteiger partial charge is 0.378 e. The molecule has 1 amide bonds. The first-order valence-electron chi connectivity index (χ1n) is 7.64. The van der Waals surface area contributed by atoms with E-state index >= 15 is 0 Å². The summed E-state index contributed by atoms with van der Waals surface area (Å²) in [5, 5.41) is 4.87. The Bertz CT molecular complexity index is 939. The molecule has 0 radical (unpaired) electrons. The average Bonchev–Trinajstić information content (AvgIpc) is 3.01. The molecule has 0 aliphatic rings. The number of nitrogens with one attached hydrogen (secondary N) is 1. The molecule has 0 aliphatic carbocycles. The predicted octanol–water partition coefficient (Wildman–Crippen LogP) is 4.19. The van der Waals surface area contributed by atoms with Crippen molar-refractivity contribution in [2.45, 2.75) is 13.5 Å². The molecule has 1 aromatic carbocycles. The Morgan fingerprint density at radius 2 is 1.81 bits per heavy atom. The number of ether oxygens (including phenoxy) is 1. The van der Waals surface area contributed by atoms with Crippen LogP contribution in [0, 0.1) is 18.6 Å². The lowest BCUT2D eigenvalue weighted by Crippen LogP contribution is -2.14. The molecule has 0 unspecified atom stereocenters. The van der Waals surface area contributed by atoms with Gasteiger partial charge in [-0.3, -0.25) is 10.1 Å². The summed E-state index contributed by atoms with van der Waals surface area (Å²) in [5.74, 6) is -1.83. The van der Waals surface area contributed by atoms with E-state index in [0.717, 1.165) is 6.07 Å². The molecule has 0 atom stereocenters. The molecule has 2 aromatic heterocycles. The van der Waals surface area contributed by atoms with Gasteiger partial charge >= 0.3 is 0 Å². The van der Waals surface area contributed by atoms with Crippen molar-refractivity contribution >= 4 is 22.4 Å². The summed E-state index contributed by atoms with van der Waals surface area (Å²) in [4.78, 5) is 20.9. The fraction of sp³-hybridized carbons (Fsp3) is 0.167. The summed E-state index contributed by atoms with van der Waals surface area (Å²) in [6.45, 7) is 2.06. The van der Waals surface area contributed by atoms with E-state index in [4.69, 9.17) is 4.74 Å². The molecule has 0 fully saturated rings. The average molecular weight is 375 g/mol. The molecule has 26 heavy (non-hydrogen) atoms. The van der Waals surface area contributed by atoms with E-state index in [1.165, 1.54) is 29.5 Å². The molecular weight excluding hydrogens is 360 g/mol. The number of benzene rings is 1. The molecule has 0 aliphatic heterocycles. The Hall–Kier alpha value is -2.71. The number of rotatable bonds is 5. The van der Waals surface area contributed by atoms with E-state index < -0.39 is 17.5 Å². The molecule has 1 N–H and O–H groups in total. The fourth-order valence-electron chi connectivity index (χ4n) is 2.41. The zero-order chi connectivity index (χ0) is 18.7. The summed E-state index contributed by atoms with van der Waals surface area (Å²) in [6.07, 6.45) is 0. The number of hydrogen-bond donors (Lipinski definition) is 1. The van der Waals surface area contributed by atoms with E-state index in [2.05, 4.69) is 15.3 Å². The standard InChI is InChI=1S/C18H15F2N3O2S/c1-10-3-11(12-4-13(19)7-14(20)5-12)6-16(21-10)17(24)23-18-22-15(8-25-2)9-26-18/h3-7,9H,8H2,1-2H3,(H,22,23,24). The van der Waals surface area contributed by atoms with Gasteiger partial charge in [0.1, 0.15) is 17.3 Å². The molecule has 3 rings (SSSR count). The van der Waals surface area contributed by atoms with E-state index in [1.54, 1.807) is 25.5 Å². The maximum atomic E-state index is 13.5. The lowest BCUT2D eigenvalue weighted by molar-refractivity contribution is 0.102. The van der Waals surface area contributed by atoms with Crippen LogP contribution in [0.2, 0.25) is 0 Å². The molecular formula is C18H15F2N3O2S. The van der Waals surface area contributed by atoms with Gasteiger partial charge in [0.15, 0.2) is 5.13 Å². The van der Waals surface area contributed by atoms with E-state index in [-0.39, 0.29) is 5.69 Å². The topological polar surface area (TPSA) is 64.1 Å². The number of aryl methyl sites for hydroxylation is 1. The van der Waals surface area contributed by atoms with E-state index in [1.807, 2.05) is 0 Å². The summed E-state index contributed by atoms with van der Waals surface area (Å²) in [6, 6.07) is 6.35. The van der Waals surface area contributed by atoms with Crippen LogP contribution < -0.4 is 5.32 Å². The van der Waals surface area contributed by atoms with Crippen LogP contribution in [0.5, 0.6) is 0 Å². The predicted molar refractivity (Wildman–Crippen MR) is 95.1 cm³/mol. The van der Waals surface area contributed by atoms with Gasteiger partial charge < -0.3 is 4.74 Å². The number of methoxy groups -OCH3 is 1. The Kier molecular flexibility index (Phi) is 5.34. The summed E-state index contributed by atoms with van der Waals surface area (Å²) >= 11 is 1.27. The maximum absolute atomic E-state index is 13.5. The van der Waals surface area contributed by atoms with Crippen molar-refractivity contribution in [2.24, 2.45) is 0 Å². The van der Waals surface area contributed by atoms with Crippen molar-refractivity contribution in [1.82, 2.24) is 9.97 Å². The highest BCUT2D eigenvalue weighted by molar-refractivity contribution is 7.13. The second-order valence-corrected chi connectivity index (χ2v) is 6.43. The Morgan fingerprint density at radius 3 is 2.50 bits per heavy atom. The van der Waals surface area contributed by atoms with Crippen LogP contribution in [0.3, 0.4) is 0 Å². The van der Waals surface area contributed by atoms with Crippen molar-refractivity contribution in [2.75, 3.05) is 12.4 Å². The minimum absolute atomic E-state index is 0.133. The summed E-state index contributed by atoms with van der Waals surface area (Å²) < 4.78 is 31.9. The number of thiazole rings is 1. The van der Waals surface area contributed by atoms with Crippen LogP contribution in [0.1, 0.15) is 21.9 Å². The second kappa shape index (κ2) is 7.67. The second-order valence-electron chi connectivity index (χ2n) is 5.57. The molecule has 2 heterocycles. The Morgan fingerprint density at radius 1 is 1.12 bits per heavy atom. The molecule has 134 valence electrons. The molecule has 3 aromatic rings. The quantitative estimate of drug-likeness (QED) is 0.726. The molecule has 5 nitrogen and oxygen atoms in total. The van der Waals surface area contributed by atoms with Gasteiger partial charge in [-0.15, -0.1) is 11.3 Å². The number of carbonyl (C=O) groups is 1. The maximum Gasteiger partial charge on any atom is 0.276 e. The number of hydrogen-bond acceptors (Lipinski definition) is 5. The molecule has 0 saturated heterocycles. The monoisotopic (exact) mass is 375 g/mol. The van der Waals surface area contributed by atoms with Crippen molar-refractivity contribution in [1.29, 1.82) is 0 Å². The Labute approximate surface area is 152 Å². The van der Waals surface area contributed by atoms with Crippen LogP contribution in [0.15, 0.2) is 35.7 Å². The van der Waals surface area contributed by atoms with Gasteiger partial charge in [0.2, 0.25) is 0 Å². The lowest BCUT2D eigenvalue weighted by atomic mass is 10.0. The number of pyridine rings is 1. The number of carbonyl (C=O) groups excluding carboxylic acids is 1. The van der Waals surface area contributed by atoms with Crippen molar-refractivity contribution < 1.29 is 18.3 Å². The molecule has 8 heteroatoms. The van der Waals surface area contributed by atoms with Crippen LogP contribution in [-0.2, 0) is 11.3 Å². The summed E-state index contributed by atoms with van der Waals surface area (Å²) in [5.41, 5.74) is 2.23. The van der Waals surface area contributed by atoms with Gasteiger partial charge in [0.25, 0.3) is 5.91 Å². The minimum atomic E-state index is -0.686. The highest BCUT2D eigenvalue weighted by Gasteiger charge is 2.14. The van der Waals surface area contributed by atoms with Gasteiger partial charge in [-0.25, -0.2) is 18.7 Å². The Balaban J connectivity index is 1.87. The third-order valence-electron chi connectivity index (χ3n) is 3.45. The first kappa shape index (κ1) is 18.1. The van der Waals surface area contributed by atoms with Gasteiger partial charge in [-0.05, 0) is 42.3 Å². The molecule has 0 bridgehead atoms. The minimum Gasteiger partial charge on any atom is -0.378 e. The lowest BCUT2D eigenvalue weighted by Gasteiger charge is -2.07. The summed E-state index contributed by atoms with van der Waals surface area (Å²) in [7, 11) is 1.56. The van der Waals surface area contributed by atoms with E-state index in [0.29, 0.717) is 34.3 Å². The SMILES string of the molecule is COCc1csc(NC(=O)c2cc(-c3cc(F)cc(F)c3)cc(C)n2)n1. The van der Waals surface area contributed by atoms with Gasteiger partial charge in [-0.2, -0.15) is 0 Å². The van der Waals surface area contributed by atoms with Crippen molar-refractivity contribution in [3.05, 3.63) is 64.4 Å². The van der Waals surface area contributed by atoms with Gasteiger partial charge in [0, 0.05) is 24.3 Å². The molecule has 0 saturated carbocycles.